The van der Waals surface area contributed by atoms with Crippen molar-refractivity contribution < 1.29 is 23.8 Å². The van der Waals surface area contributed by atoms with E-state index < -0.39 is 5.97 Å². The van der Waals surface area contributed by atoms with Crippen molar-refractivity contribution in [3.05, 3.63) is 92.5 Å². The zero-order valence-corrected chi connectivity index (χ0v) is 21.1. The van der Waals surface area contributed by atoms with Crippen molar-refractivity contribution in [3.63, 3.8) is 0 Å². The van der Waals surface area contributed by atoms with Crippen LogP contribution in [0.5, 0.6) is 11.5 Å². The molecular formula is C26H20BrClN2O5. The van der Waals surface area contributed by atoms with Crippen LogP contribution in [0.15, 0.2) is 75.8 Å². The molecule has 0 saturated heterocycles. The maximum atomic E-state index is 12.4. The van der Waals surface area contributed by atoms with Crippen molar-refractivity contribution in [1.29, 1.82) is 0 Å². The number of amides is 1. The predicted octanol–water partition coefficient (Wildman–Crippen LogP) is 5.99. The lowest BCUT2D eigenvalue weighted by molar-refractivity contribution is -0.129. The molecule has 0 aromatic heterocycles. The molecule has 0 saturated carbocycles. The highest BCUT2D eigenvalue weighted by Crippen LogP contribution is 2.38. The number of methoxy groups -OCH3 is 1. The number of hydrogen-bond donors (Lipinski definition) is 1. The van der Waals surface area contributed by atoms with Gasteiger partial charge in [0.15, 0.2) is 17.2 Å². The van der Waals surface area contributed by atoms with Crippen molar-refractivity contribution in [1.82, 2.24) is 0 Å². The zero-order valence-electron chi connectivity index (χ0n) is 18.8. The fourth-order valence-electron chi connectivity index (χ4n) is 3.32. The van der Waals surface area contributed by atoms with Crippen LogP contribution in [0.1, 0.15) is 23.6 Å². The highest BCUT2D eigenvalue weighted by atomic mass is 79.9. The molecule has 0 unspecified atom stereocenters. The van der Waals surface area contributed by atoms with Crippen LogP contribution in [0.2, 0.25) is 5.02 Å². The number of esters is 1. The molecule has 9 heteroatoms. The van der Waals surface area contributed by atoms with Crippen LogP contribution in [0.25, 0.3) is 6.08 Å². The Labute approximate surface area is 215 Å². The second-order valence-electron chi connectivity index (χ2n) is 7.51. The number of hydrogen-bond acceptors (Lipinski definition) is 6. The fraction of sp³-hybridized carbons (Fsp3) is 0.115. The van der Waals surface area contributed by atoms with Crippen LogP contribution >= 0.6 is 27.5 Å². The van der Waals surface area contributed by atoms with E-state index >= 15 is 0 Å². The van der Waals surface area contributed by atoms with Gasteiger partial charge in [-0.25, -0.2) is 9.79 Å². The van der Waals surface area contributed by atoms with Crippen LogP contribution < -0.4 is 14.8 Å². The number of rotatable bonds is 7. The Hall–Kier alpha value is -3.62. The highest BCUT2D eigenvalue weighted by molar-refractivity contribution is 9.10. The average molecular weight is 556 g/mol. The minimum Gasteiger partial charge on any atom is -0.493 e. The van der Waals surface area contributed by atoms with Crippen LogP contribution in [0.4, 0.5) is 5.69 Å². The summed E-state index contributed by atoms with van der Waals surface area (Å²) in [6.07, 6.45) is 1.56. The Kier molecular flexibility index (Phi) is 7.53. The molecule has 0 spiro atoms. The number of cyclic esters (lactones) is 1. The molecular weight excluding hydrogens is 536 g/mol. The van der Waals surface area contributed by atoms with Crippen molar-refractivity contribution in [2.75, 3.05) is 12.4 Å². The maximum Gasteiger partial charge on any atom is 0.363 e. The number of halogens is 2. The van der Waals surface area contributed by atoms with Gasteiger partial charge in [-0.05, 0) is 54.1 Å². The average Bonchev–Trinajstić information content (AvgIpc) is 3.19. The minimum absolute atomic E-state index is 0.117. The van der Waals surface area contributed by atoms with E-state index in [1.165, 1.54) is 14.0 Å². The third-order valence-corrected chi connectivity index (χ3v) is 6.01. The quantitative estimate of drug-likeness (QED) is 0.286. The smallest absolute Gasteiger partial charge is 0.363 e. The Morgan fingerprint density at radius 3 is 2.60 bits per heavy atom. The van der Waals surface area contributed by atoms with Gasteiger partial charge in [-0.3, -0.25) is 4.79 Å². The third kappa shape index (κ3) is 5.90. The molecule has 3 aromatic carbocycles. The van der Waals surface area contributed by atoms with E-state index in [1.807, 2.05) is 24.3 Å². The lowest BCUT2D eigenvalue weighted by atomic mass is 10.1. The van der Waals surface area contributed by atoms with Crippen molar-refractivity contribution in [2.45, 2.75) is 13.5 Å². The number of carbonyl (C=O) groups is 2. The van der Waals surface area contributed by atoms with Gasteiger partial charge < -0.3 is 19.5 Å². The SMILES string of the molecule is COc1cc(/C=C2\N=C(c3ccc(NC(C)=O)cc3)OC2=O)cc(Cl)c1OCc1ccccc1Br. The normalized spacial score (nSPS) is 13.9. The van der Waals surface area contributed by atoms with Gasteiger partial charge >= 0.3 is 5.97 Å². The molecule has 35 heavy (non-hydrogen) atoms. The Bertz CT molecular complexity index is 1350. The van der Waals surface area contributed by atoms with E-state index in [-0.39, 0.29) is 17.5 Å². The Balaban J connectivity index is 1.56. The molecule has 4 rings (SSSR count). The molecule has 1 aliphatic rings. The number of nitrogens with one attached hydrogen (secondary N) is 1. The number of benzene rings is 3. The number of anilines is 1. The monoisotopic (exact) mass is 554 g/mol. The van der Waals surface area contributed by atoms with E-state index in [4.69, 9.17) is 25.8 Å². The number of aliphatic imine (C=N–C) groups is 1. The Morgan fingerprint density at radius 2 is 1.91 bits per heavy atom. The fourth-order valence-corrected chi connectivity index (χ4v) is 3.99. The summed E-state index contributed by atoms with van der Waals surface area (Å²) in [5, 5.41) is 3.01. The maximum absolute atomic E-state index is 12.4. The Morgan fingerprint density at radius 1 is 1.17 bits per heavy atom. The second-order valence-corrected chi connectivity index (χ2v) is 8.77. The van der Waals surface area contributed by atoms with Crippen molar-refractivity contribution in [2.24, 2.45) is 4.99 Å². The summed E-state index contributed by atoms with van der Waals surface area (Å²) in [6, 6.07) is 17.9. The van der Waals surface area contributed by atoms with Gasteiger partial charge in [0.2, 0.25) is 11.8 Å². The summed E-state index contributed by atoms with van der Waals surface area (Å²) in [4.78, 5) is 27.9. The second kappa shape index (κ2) is 10.8. The van der Waals surface area contributed by atoms with Gasteiger partial charge in [0.05, 0.1) is 12.1 Å². The van der Waals surface area contributed by atoms with Crippen molar-refractivity contribution in [3.8, 4) is 11.5 Å². The first kappa shape index (κ1) is 24.5. The van der Waals surface area contributed by atoms with Crippen molar-refractivity contribution >= 4 is 57.1 Å². The van der Waals surface area contributed by atoms with Gasteiger partial charge in [-0.15, -0.1) is 0 Å². The number of nitrogens with zero attached hydrogens (tertiary/aromatic N) is 1. The van der Waals surface area contributed by atoms with Gasteiger partial charge in [-0.1, -0.05) is 45.7 Å². The predicted molar refractivity (Wildman–Crippen MR) is 138 cm³/mol. The van der Waals surface area contributed by atoms with Gasteiger partial charge in [0.25, 0.3) is 0 Å². The molecule has 0 bridgehead atoms. The van der Waals surface area contributed by atoms with Crippen LogP contribution in [0, 0.1) is 0 Å². The van der Waals surface area contributed by atoms with Gasteiger partial charge in [0, 0.05) is 28.2 Å². The van der Waals surface area contributed by atoms with Gasteiger partial charge in [0.1, 0.15) is 6.61 Å². The lowest BCUT2D eigenvalue weighted by Crippen LogP contribution is -2.07. The standard InChI is InChI=1S/C26H20BrClN2O5/c1-15(31)29-19-9-7-17(8-10-19)25-30-22(26(32)35-25)12-16-11-21(28)24(23(13-16)33-2)34-14-18-5-3-4-6-20(18)27/h3-13H,14H2,1-2H3,(H,29,31)/b22-12-. The highest BCUT2D eigenvalue weighted by Gasteiger charge is 2.24. The topological polar surface area (TPSA) is 86.2 Å². The first-order chi connectivity index (χ1) is 16.8. The summed E-state index contributed by atoms with van der Waals surface area (Å²) in [5.41, 5.74) is 2.90. The number of carbonyl (C=O) groups excluding carboxylic acids is 2. The van der Waals surface area contributed by atoms with Crippen LogP contribution in [-0.4, -0.2) is 24.9 Å². The molecule has 0 radical (unpaired) electrons. The molecule has 1 aliphatic heterocycles. The van der Waals surface area contributed by atoms with E-state index in [0.717, 1.165) is 10.0 Å². The first-order valence-electron chi connectivity index (χ1n) is 10.5. The largest absolute Gasteiger partial charge is 0.493 e. The zero-order chi connectivity index (χ0) is 24.9. The molecule has 1 N–H and O–H groups in total. The summed E-state index contributed by atoms with van der Waals surface area (Å²) >= 11 is 9.99. The van der Waals surface area contributed by atoms with Gasteiger partial charge in [-0.2, -0.15) is 0 Å². The van der Waals surface area contributed by atoms with Crippen LogP contribution in [-0.2, 0) is 20.9 Å². The minimum atomic E-state index is -0.588. The van der Waals surface area contributed by atoms with E-state index in [9.17, 15) is 9.59 Å². The number of ether oxygens (including phenoxy) is 3. The molecule has 1 amide bonds. The molecule has 3 aromatic rings. The molecule has 0 aliphatic carbocycles. The van der Waals surface area contributed by atoms with Crippen LogP contribution in [0.3, 0.4) is 0 Å². The summed E-state index contributed by atoms with van der Waals surface area (Å²) in [7, 11) is 1.51. The van der Waals surface area contributed by atoms with E-state index in [1.54, 1.807) is 42.5 Å². The van der Waals surface area contributed by atoms with E-state index in [2.05, 4.69) is 26.2 Å². The first-order valence-corrected chi connectivity index (χ1v) is 11.7. The lowest BCUT2D eigenvalue weighted by Gasteiger charge is -2.14. The summed E-state index contributed by atoms with van der Waals surface area (Å²) in [6.45, 7) is 1.72. The summed E-state index contributed by atoms with van der Waals surface area (Å²) < 4.78 is 17.7. The molecule has 178 valence electrons. The third-order valence-electron chi connectivity index (χ3n) is 4.96. The summed E-state index contributed by atoms with van der Waals surface area (Å²) in [5.74, 6) is 0.216. The molecule has 1 heterocycles. The molecule has 0 atom stereocenters. The molecule has 0 fully saturated rings. The van der Waals surface area contributed by atoms with E-state index in [0.29, 0.717) is 39.9 Å². The molecule has 7 nitrogen and oxygen atoms in total.